The molecule has 3 N–H and O–H groups in total. The van der Waals surface area contributed by atoms with Gasteiger partial charge in [0.2, 0.25) is 10.0 Å². The summed E-state index contributed by atoms with van der Waals surface area (Å²) in [6.45, 7) is 0.763. The zero-order valence-electron chi connectivity index (χ0n) is 10.8. The molecule has 0 saturated heterocycles. The first-order valence-corrected chi connectivity index (χ1v) is 7.11. The lowest BCUT2D eigenvalue weighted by atomic mass is 10.3. The van der Waals surface area contributed by atoms with Crippen molar-refractivity contribution in [1.82, 2.24) is 9.62 Å². The third-order valence-corrected chi connectivity index (χ3v) is 3.88. The van der Waals surface area contributed by atoms with E-state index in [1.54, 1.807) is 0 Å². The van der Waals surface area contributed by atoms with Crippen LogP contribution in [0.4, 0.5) is 14.5 Å². The molecular formula is C11H17F2N3O2S. The van der Waals surface area contributed by atoms with Crippen LogP contribution in [0.1, 0.15) is 6.42 Å². The Morgan fingerprint density at radius 1 is 1.26 bits per heavy atom. The lowest BCUT2D eigenvalue weighted by molar-refractivity contribution is 0.399. The molecule has 19 heavy (non-hydrogen) atoms. The molecule has 0 spiro atoms. The van der Waals surface area contributed by atoms with Gasteiger partial charge in [0.25, 0.3) is 0 Å². The summed E-state index contributed by atoms with van der Waals surface area (Å²) in [6.07, 6.45) is 0.532. The van der Waals surface area contributed by atoms with E-state index in [1.807, 2.05) is 19.0 Å². The molecule has 1 aromatic rings. The van der Waals surface area contributed by atoms with Gasteiger partial charge in [-0.2, -0.15) is 0 Å². The zero-order chi connectivity index (χ0) is 14.6. The average Bonchev–Trinajstić information content (AvgIpc) is 2.22. The molecular weight excluding hydrogens is 276 g/mol. The zero-order valence-corrected chi connectivity index (χ0v) is 11.6. The van der Waals surface area contributed by atoms with Crippen molar-refractivity contribution in [2.75, 3.05) is 32.9 Å². The predicted octanol–water partition coefficient (Wildman–Crippen LogP) is 0.777. The van der Waals surface area contributed by atoms with Crippen LogP contribution in [-0.4, -0.2) is 40.5 Å². The molecule has 0 fully saturated rings. The largest absolute Gasteiger partial charge is 0.399 e. The van der Waals surface area contributed by atoms with Gasteiger partial charge < -0.3 is 10.6 Å². The number of benzene rings is 1. The summed E-state index contributed by atoms with van der Waals surface area (Å²) in [6, 6.07) is 1.55. The van der Waals surface area contributed by atoms with Gasteiger partial charge in [-0.1, -0.05) is 0 Å². The highest BCUT2D eigenvalue weighted by Crippen LogP contribution is 2.21. The van der Waals surface area contributed by atoms with Crippen LogP contribution in [0.15, 0.2) is 17.0 Å². The highest BCUT2D eigenvalue weighted by molar-refractivity contribution is 7.89. The molecule has 0 unspecified atom stereocenters. The second kappa shape index (κ2) is 6.27. The van der Waals surface area contributed by atoms with Crippen LogP contribution >= 0.6 is 0 Å². The van der Waals surface area contributed by atoms with Crippen molar-refractivity contribution >= 4 is 15.7 Å². The van der Waals surface area contributed by atoms with Crippen LogP contribution in [0.3, 0.4) is 0 Å². The Hall–Kier alpha value is -1.25. The van der Waals surface area contributed by atoms with Crippen LogP contribution in [0.5, 0.6) is 0 Å². The molecule has 0 aliphatic carbocycles. The number of halogens is 2. The van der Waals surface area contributed by atoms with Gasteiger partial charge in [-0.25, -0.2) is 21.9 Å². The summed E-state index contributed by atoms with van der Waals surface area (Å²) in [5.74, 6) is -2.39. The Morgan fingerprint density at radius 3 is 2.26 bits per heavy atom. The van der Waals surface area contributed by atoms with E-state index in [0.717, 1.165) is 12.1 Å². The topological polar surface area (TPSA) is 75.4 Å². The predicted molar refractivity (Wildman–Crippen MR) is 69.1 cm³/mol. The van der Waals surface area contributed by atoms with Gasteiger partial charge in [-0.3, -0.25) is 0 Å². The number of sulfonamides is 1. The number of nitrogens with two attached hydrogens (primary N) is 1. The number of nitrogens with one attached hydrogen (secondary N) is 1. The third-order valence-electron chi connectivity index (χ3n) is 2.36. The molecule has 0 radical (unpaired) electrons. The first-order valence-electron chi connectivity index (χ1n) is 5.63. The molecule has 8 heteroatoms. The molecule has 1 aromatic carbocycles. The first kappa shape index (κ1) is 15.8. The van der Waals surface area contributed by atoms with E-state index < -0.39 is 26.6 Å². The molecule has 5 nitrogen and oxygen atoms in total. The number of nitrogens with zero attached hydrogens (tertiary/aromatic N) is 1. The fraction of sp³-hybridized carbons (Fsp3) is 0.455. The van der Waals surface area contributed by atoms with E-state index in [-0.39, 0.29) is 12.2 Å². The summed E-state index contributed by atoms with van der Waals surface area (Å²) in [5.41, 5.74) is 5.06. The van der Waals surface area contributed by atoms with Crippen LogP contribution in [0, 0.1) is 11.6 Å². The van der Waals surface area contributed by atoms with E-state index >= 15 is 0 Å². The summed E-state index contributed by atoms with van der Waals surface area (Å²) in [4.78, 5) is 0.880. The summed E-state index contributed by atoms with van der Waals surface area (Å²) in [5, 5.41) is 0. The van der Waals surface area contributed by atoms with Crippen molar-refractivity contribution in [3.05, 3.63) is 23.8 Å². The number of hydrogen-bond acceptors (Lipinski definition) is 4. The maximum Gasteiger partial charge on any atom is 0.246 e. The fourth-order valence-electron chi connectivity index (χ4n) is 1.51. The Labute approximate surface area is 111 Å². The molecule has 0 aliphatic rings. The Kier molecular flexibility index (Phi) is 5.21. The highest BCUT2D eigenvalue weighted by atomic mass is 32.2. The van der Waals surface area contributed by atoms with Gasteiger partial charge in [-0.15, -0.1) is 0 Å². The molecule has 0 heterocycles. The van der Waals surface area contributed by atoms with Crippen LogP contribution in [-0.2, 0) is 10.0 Å². The van der Waals surface area contributed by atoms with Gasteiger partial charge in [-0.05, 0) is 39.2 Å². The fourth-order valence-corrected chi connectivity index (χ4v) is 2.70. The number of anilines is 1. The second-order valence-electron chi connectivity index (χ2n) is 4.37. The SMILES string of the molecule is CN(C)CCCNS(=O)(=O)c1c(F)cc(N)cc1F. The monoisotopic (exact) mass is 293 g/mol. The normalized spacial score (nSPS) is 12.1. The van der Waals surface area contributed by atoms with Gasteiger partial charge >= 0.3 is 0 Å². The molecule has 108 valence electrons. The molecule has 0 amide bonds. The Balaban J connectivity index is 2.84. The average molecular weight is 293 g/mol. The standard InChI is InChI=1S/C11H17F2N3O2S/c1-16(2)5-3-4-15-19(17,18)11-9(12)6-8(14)7-10(11)13/h6-7,15H,3-5,14H2,1-2H3. The number of hydrogen-bond donors (Lipinski definition) is 2. The van der Waals surface area contributed by atoms with E-state index in [0.29, 0.717) is 13.0 Å². The summed E-state index contributed by atoms with van der Waals surface area (Å²) in [7, 11) is -0.528. The van der Waals surface area contributed by atoms with Crippen molar-refractivity contribution in [3.63, 3.8) is 0 Å². The van der Waals surface area contributed by atoms with Crippen molar-refractivity contribution in [3.8, 4) is 0 Å². The van der Waals surface area contributed by atoms with Crippen molar-refractivity contribution in [2.24, 2.45) is 0 Å². The van der Waals surface area contributed by atoms with E-state index in [4.69, 9.17) is 5.73 Å². The van der Waals surface area contributed by atoms with Crippen molar-refractivity contribution in [2.45, 2.75) is 11.3 Å². The van der Waals surface area contributed by atoms with Crippen LogP contribution in [0.2, 0.25) is 0 Å². The van der Waals surface area contributed by atoms with Gasteiger partial charge in [0.05, 0.1) is 0 Å². The second-order valence-corrected chi connectivity index (χ2v) is 6.07. The maximum atomic E-state index is 13.5. The quantitative estimate of drug-likeness (QED) is 0.600. The van der Waals surface area contributed by atoms with Crippen LogP contribution < -0.4 is 10.5 Å². The minimum Gasteiger partial charge on any atom is -0.399 e. The molecule has 0 aromatic heterocycles. The van der Waals surface area contributed by atoms with Crippen molar-refractivity contribution in [1.29, 1.82) is 0 Å². The number of nitrogen functional groups attached to an aromatic ring is 1. The highest BCUT2D eigenvalue weighted by Gasteiger charge is 2.24. The van der Waals surface area contributed by atoms with Gasteiger partial charge in [0.15, 0.2) is 4.90 Å². The number of rotatable bonds is 6. The molecule has 0 aliphatic heterocycles. The maximum absolute atomic E-state index is 13.5. The van der Waals surface area contributed by atoms with Crippen molar-refractivity contribution < 1.29 is 17.2 Å². The Bertz CT molecular complexity index is 524. The van der Waals surface area contributed by atoms with Crippen LogP contribution in [0.25, 0.3) is 0 Å². The minimum absolute atomic E-state index is 0.101. The molecule has 0 atom stereocenters. The molecule has 1 rings (SSSR count). The van der Waals surface area contributed by atoms with E-state index in [2.05, 4.69) is 4.72 Å². The third kappa shape index (κ3) is 4.41. The lowest BCUT2D eigenvalue weighted by Gasteiger charge is -2.11. The smallest absolute Gasteiger partial charge is 0.246 e. The molecule has 0 bridgehead atoms. The van der Waals surface area contributed by atoms with Gasteiger partial charge in [0.1, 0.15) is 11.6 Å². The first-order chi connectivity index (χ1) is 8.74. The Morgan fingerprint density at radius 2 is 1.79 bits per heavy atom. The minimum atomic E-state index is -4.21. The molecule has 0 saturated carbocycles. The van der Waals surface area contributed by atoms with E-state index in [9.17, 15) is 17.2 Å². The lowest BCUT2D eigenvalue weighted by Crippen LogP contribution is -2.28. The van der Waals surface area contributed by atoms with Gasteiger partial charge in [0, 0.05) is 12.2 Å². The summed E-state index contributed by atoms with van der Waals surface area (Å²) < 4.78 is 52.7. The summed E-state index contributed by atoms with van der Waals surface area (Å²) >= 11 is 0. The van der Waals surface area contributed by atoms with E-state index in [1.165, 1.54) is 0 Å².